The Hall–Kier alpha value is -5.79. The van der Waals surface area contributed by atoms with Crippen LogP contribution in [0.25, 0.3) is 22.5 Å². The molecule has 4 atom stereocenters. The van der Waals surface area contributed by atoms with Crippen molar-refractivity contribution in [2.45, 2.75) is 130 Å². The van der Waals surface area contributed by atoms with Gasteiger partial charge in [0.15, 0.2) is 0 Å². The highest BCUT2D eigenvalue weighted by Crippen LogP contribution is 2.35. The van der Waals surface area contributed by atoms with E-state index in [4.69, 9.17) is 28.9 Å². The standard InChI is InChI=1S/C54H79N9O8Si2/c1-37(2)47(58-53(66)68-5)51(64)61-26-13-14-44(61)49-56-33-45(63(49)36-71-29-31-73(10,11)12)42-23-19-40(20-24-42)16-15-39-17-21-41(22-18-39)43-34-60(35-70-28-30-72(7,8)9)50(57-43)46-32-55-25-27-62(46)52(65)48(38(3)4)59-54(67)69-6/h17-24,33-34,37-38,44,46-48,55H,13-14,25-32,35-36H2,1-12H3,(H,58,66)(H,59,67)/t44-,46-,47-,48-/m0/s1. The van der Waals surface area contributed by atoms with E-state index in [1.165, 1.54) is 14.2 Å². The SMILES string of the molecule is COC(=O)N[C@H](C(=O)N1CCNC[C@H]1c1nc(-c2ccc(C#Cc3ccc(-c4cnc([C@@H]5CCCN5C(=O)[C@@H](NC(=O)OC)C(C)C)n4COCC[Si](C)(C)C)cc3)cc2)cn1COCC[Si](C)(C)C)C(C)C. The number of piperazine rings is 1. The minimum absolute atomic E-state index is 0.144. The molecule has 2 aliphatic heterocycles. The molecular formula is C54H79N9O8Si2. The van der Waals surface area contributed by atoms with Crippen molar-refractivity contribution < 1.29 is 38.1 Å². The van der Waals surface area contributed by atoms with E-state index >= 15 is 0 Å². The first-order valence-corrected chi connectivity index (χ1v) is 33.1. The lowest BCUT2D eigenvalue weighted by molar-refractivity contribution is -0.138. The normalized spacial score (nSPS) is 17.0. The molecule has 2 fully saturated rings. The van der Waals surface area contributed by atoms with Crippen LogP contribution in [-0.2, 0) is 42.0 Å². The van der Waals surface area contributed by atoms with E-state index in [9.17, 15) is 19.2 Å². The highest BCUT2D eigenvalue weighted by atomic mass is 28.3. The van der Waals surface area contributed by atoms with Crippen molar-refractivity contribution in [1.82, 2.24) is 44.9 Å². The number of aromatic nitrogens is 4. The molecular weight excluding hydrogens is 959 g/mol. The molecule has 19 heteroatoms. The lowest BCUT2D eigenvalue weighted by Gasteiger charge is -2.38. The molecule has 0 saturated carbocycles. The number of amides is 4. The Morgan fingerprint density at radius 2 is 1.23 bits per heavy atom. The molecule has 73 heavy (non-hydrogen) atoms. The first-order valence-electron chi connectivity index (χ1n) is 25.7. The Balaban J connectivity index is 1.22. The summed E-state index contributed by atoms with van der Waals surface area (Å²) in [6, 6.07) is 15.9. The van der Waals surface area contributed by atoms with Crippen molar-refractivity contribution in [3.8, 4) is 34.4 Å². The maximum absolute atomic E-state index is 14.2. The third-order valence-corrected chi connectivity index (χ3v) is 16.7. The Kier molecular flexibility index (Phi) is 19.7. The molecule has 0 aliphatic carbocycles. The van der Waals surface area contributed by atoms with Crippen LogP contribution >= 0.6 is 0 Å². The van der Waals surface area contributed by atoms with E-state index in [0.29, 0.717) is 45.2 Å². The molecule has 0 unspecified atom stereocenters. The molecule has 0 radical (unpaired) electrons. The smallest absolute Gasteiger partial charge is 0.407 e. The zero-order chi connectivity index (χ0) is 53.0. The van der Waals surface area contributed by atoms with Crippen molar-refractivity contribution in [2.75, 3.05) is 53.6 Å². The zero-order valence-corrected chi connectivity index (χ0v) is 47.2. The number of nitrogens with zero attached hydrogens (tertiary/aromatic N) is 6. The summed E-state index contributed by atoms with van der Waals surface area (Å²) in [5.41, 5.74) is 5.15. The van der Waals surface area contributed by atoms with Crippen LogP contribution in [-0.4, -0.2) is 135 Å². The van der Waals surface area contributed by atoms with Gasteiger partial charge < -0.3 is 53.8 Å². The van der Waals surface area contributed by atoms with Crippen LogP contribution in [0.2, 0.25) is 51.4 Å². The summed E-state index contributed by atoms with van der Waals surface area (Å²) in [6.45, 7) is 25.5. The van der Waals surface area contributed by atoms with Crippen LogP contribution in [0.1, 0.15) is 75.4 Å². The molecule has 4 aromatic rings. The Morgan fingerprint density at radius 1 is 0.712 bits per heavy atom. The van der Waals surface area contributed by atoms with Crippen molar-refractivity contribution in [2.24, 2.45) is 11.8 Å². The molecule has 396 valence electrons. The maximum Gasteiger partial charge on any atom is 0.407 e. The third kappa shape index (κ3) is 15.4. The second kappa shape index (κ2) is 25.4. The number of alkyl carbamates (subject to hydrolysis) is 2. The highest BCUT2D eigenvalue weighted by molar-refractivity contribution is 6.76. The average Bonchev–Trinajstić information content (AvgIpc) is 4.13. The lowest BCUT2D eigenvalue weighted by atomic mass is 10.0. The van der Waals surface area contributed by atoms with E-state index in [-0.39, 0.29) is 43.2 Å². The number of carbonyl (C=O) groups is 4. The van der Waals surface area contributed by atoms with Crippen molar-refractivity contribution in [1.29, 1.82) is 0 Å². The number of hydrogen-bond donors (Lipinski definition) is 3. The second-order valence-corrected chi connectivity index (χ2v) is 33.4. The van der Waals surface area contributed by atoms with Gasteiger partial charge in [-0.2, -0.15) is 0 Å². The van der Waals surface area contributed by atoms with Gasteiger partial charge in [-0.1, -0.05) is 103 Å². The van der Waals surface area contributed by atoms with Crippen molar-refractivity contribution in [3.63, 3.8) is 0 Å². The predicted molar refractivity (Wildman–Crippen MR) is 289 cm³/mol. The summed E-state index contributed by atoms with van der Waals surface area (Å²) in [5, 5.41) is 8.95. The summed E-state index contributed by atoms with van der Waals surface area (Å²) in [7, 11) is -0.0866. The van der Waals surface area contributed by atoms with Gasteiger partial charge in [-0.25, -0.2) is 19.6 Å². The van der Waals surface area contributed by atoms with E-state index in [1.54, 1.807) is 0 Å². The Labute approximate surface area is 434 Å². The summed E-state index contributed by atoms with van der Waals surface area (Å²) in [6.07, 6.45) is 4.11. The van der Waals surface area contributed by atoms with Gasteiger partial charge in [0.1, 0.15) is 43.2 Å². The molecule has 2 aromatic heterocycles. The lowest BCUT2D eigenvalue weighted by Crippen LogP contribution is -2.57. The van der Waals surface area contributed by atoms with Gasteiger partial charge in [0.25, 0.3) is 0 Å². The number of imidazole rings is 2. The predicted octanol–water partition coefficient (Wildman–Crippen LogP) is 8.34. The van der Waals surface area contributed by atoms with Crippen LogP contribution in [0.5, 0.6) is 0 Å². The maximum atomic E-state index is 14.2. The molecule has 0 bridgehead atoms. The van der Waals surface area contributed by atoms with Gasteiger partial charge in [0, 0.05) is 78.4 Å². The first kappa shape index (κ1) is 56.5. The van der Waals surface area contributed by atoms with Gasteiger partial charge in [0.2, 0.25) is 11.8 Å². The van der Waals surface area contributed by atoms with E-state index < -0.39 is 46.5 Å². The van der Waals surface area contributed by atoms with Crippen LogP contribution in [0.3, 0.4) is 0 Å². The highest BCUT2D eigenvalue weighted by Gasteiger charge is 2.40. The van der Waals surface area contributed by atoms with Gasteiger partial charge in [-0.3, -0.25) is 9.59 Å². The molecule has 6 rings (SSSR count). The quantitative estimate of drug-likeness (QED) is 0.0440. The molecule has 0 spiro atoms. The van der Waals surface area contributed by atoms with Crippen LogP contribution in [0.4, 0.5) is 9.59 Å². The summed E-state index contributed by atoms with van der Waals surface area (Å²) >= 11 is 0. The number of rotatable bonds is 20. The van der Waals surface area contributed by atoms with Crippen LogP contribution in [0.15, 0.2) is 60.9 Å². The van der Waals surface area contributed by atoms with Gasteiger partial charge >= 0.3 is 12.2 Å². The van der Waals surface area contributed by atoms with Crippen LogP contribution in [0, 0.1) is 23.7 Å². The number of nitrogens with one attached hydrogen (secondary N) is 3. The van der Waals surface area contributed by atoms with Gasteiger partial charge in [-0.05, 0) is 66.6 Å². The number of hydrogen-bond acceptors (Lipinski definition) is 11. The van der Waals surface area contributed by atoms with Crippen molar-refractivity contribution in [3.05, 3.63) is 83.7 Å². The topological polar surface area (TPSA) is 183 Å². The summed E-state index contributed by atoms with van der Waals surface area (Å²) in [5.74, 6) is 7.46. The molecule has 4 amide bonds. The number of likely N-dealkylation sites (tertiary alicyclic amines) is 1. The Morgan fingerprint density at radius 3 is 1.75 bits per heavy atom. The third-order valence-electron chi connectivity index (χ3n) is 13.3. The number of benzene rings is 2. The molecule has 2 saturated heterocycles. The fraction of sp³-hybridized carbons (Fsp3) is 0.556. The molecule has 17 nitrogen and oxygen atoms in total. The largest absolute Gasteiger partial charge is 0.453 e. The fourth-order valence-corrected chi connectivity index (χ4v) is 10.4. The number of methoxy groups -OCH3 is 2. The number of carbonyl (C=O) groups excluding carboxylic acids is 4. The van der Waals surface area contributed by atoms with E-state index in [0.717, 1.165) is 64.4 Å². The monoisotopic (exact) mass is 1040 g/mol. The zero-order valence-electron chi connectivity index (χ0n) is 45.2. The van der Waals surface area contributed by atoms with E-state index in [1.807, 2.05) is 103 Å². The molecule has 2 aromatic carbocycles. The Bertz CT molecular complexity index is 2560. The number of ether oxygens (including phenoxy) is 4. The molecule has 2 aliphatic rings. The average molecular weight is 1040 g/mol. The van der Waals surface area contributed by atoms with Crippen molar-refractivity contribution >= 4 is 40.1 Å². The second-order valence-electron chi connectivity index (χ2n) is 22.1. The molecule has 4 heterocycles. The minimum atomic E-state index is -1.34. The summed E-state index contributed by atoms with van der Waals surface area (Å²) < 4.78 is 26.4. The van der Waals surface area contributed by atoms with Gasteiger partial charge in [0.05, 0.1) is 37.8 Å². The summed E-state index contributed by atoms with van der Waals surface area (Å²) in [4.78, 5) is 66.5. The minimum Gasteiger partial charge on any atom is -0.453 e. The molecule has 3 N–H and O–H groups in total. The van der Waals surface area contributed by atoms with E-state index in [2.05, 4.69) is 71.6 Å². The van der Waals surface area contributed by atoms with Gasteiger partial charge in [-0.15, -0.1) is 0 Å². The first-order chi connectivity index (χ1) is 34.7. The fourth-order valence-electron chi connectivity index (χ4n) is 8.88. The van der Waals surface area contributed by atoms with Crippen LogP contribution < -0.4 is 16.0 Å².